The monoisotopic (exact) mass is 782 g/mol. The molecular weight excluding hydrogens is 732 g/mol. The van der Waals surface area contributed by atoms with Gasteiger partial charge in [-0.25, -0.2) is 0 Å². The van der Waals surface area contributed by atoms with Crippen molar-refractivity contribution >= 4 is 0 Å². The minimum atomic E-state index is -2.07. The Morgan fingerprint density at radius 1 is 0.377 bits per heavy atom. The molecular formula is C29H50O24. The molecule has 0 saturated carbocycles. The van der Waals surface area contributed by atoms with Crippen molar-refractivity contribution in [3.63, 3.8) is 0 Å². The molecule has 5 fully saturated rings. The topological polar surface area (TPSA) is 387 Å². The van der Waals surface area contributed by atoms with Crippen LogP contribution in [0.2, 0.25) is 0 Å². The molecule has 0 spiro atoms. The molecule has 24 nitrogen and oxygen atoms in total. The molecule has 5 rings (SSSR count). The fourth-order valence-corrected chi connectivity index (χ4v) is 6.73. The van der Waals surface area contributed by atoms with Crippen molar-refractivity contribution in [2.75, 3.05) is 33.0 Å². The number of aliphatic hydroxyl groups is 15. The van der Waals surface area contributed by atoms with Crippen LogP contribution in [0.4, 0.5) is 0 Å². The predicted octanol–water partition coefficient (Wildman–Crippen LogP) is -10.3. The summed E-state index contributed by atoms with van der Waals surface area (Å²) < 4.78 is 49.2. The standard InChI is InChI=1S/C29H50O24/c30-3-8-21(13(36)17(40)25(44)46-8)51-27-19(42)15(38)23(10(5-32)48-27)53-29-20(43)16(39)24(11(6-33)49-29)52-28-18(41)14(37)22(9(4-31)47-28)50-26-12(35)7(34)1-2-45-26/h7-44H,1-6H2/t7-,8+,9+,10+,11+,12+,13+,14+,15+,16+,17+,18+,19+,20+,21+,22+,23+,24+,25-,26+,27+,28+,29+/m0/s1. The maximum atomic E-state index is 11.1. The van der Waals surface area contributed by atoms with Gasteiger partial charge in [-0.2, -0.15) is 0 Å². The number of hydrogen-bond donors (Lipinski definition) is 15. The van der Waals surface area contributed by atoms with Gasteiger partial charge in [0, 0.05) is 0 Å². The highest BCUT2D eigenvalue weighted by molar-refractivity contribution is 4.98. The molecule has 53 heavy (non-hydrogen) atoms. The zero-order chi connectivity index (χ0) is 38.9. The van der Waals surface area contributed by atoms with E-state index < -0.39 is 168 Å². The third-order valence-electron chi connectivity index (χ3n) is 9.84. The van der Waals surface area contributed by atoms with Gasteiger partial charge in [-0.05, 0) is 6.42 Å². The first kappa shape index (κ1) is 43.2. The van der Waals surface area contributed by atoms with Crippen molar-refractivity contribution in [2.45, 2.75) is 148 Å². The van der Waals surface area contributed by atoms with Gasteiger partial charge in [-0.3, -0.25) is 0 Å². The highest BCUT2D eigenvalue weighted by atomic mass is 16.8. The maximum absolute atomic E-state index is 11.1. The van der Waals surface area contributed by atoms with Crippen LogP contribution in [0.1, 0.15) is 6.42 Å². The second-order valence-electron chi connectivity index (χ2n) is 13.3. The van der Waals surface area contributed by atoms with Crippen LogP contribution in [-0.4, -0.2) is 251 Å². The predicted molar refractivity (Wildman–Crippen MR) is 159 cm³/mol. The molecule has 5 heterocycles. The lowest BCUT2D eigenvalue weighted by molar-refractivity contribution is -0.391. The summed E-state index contributed by atoms with van der Waals surface area (Å²) in [6.07, 6.45) is -40.0. The Hall–Kier alpha value is -0.960. The number of hydrogen-bond acceptors (Lipinski definition) is 24. The van der Waals surface area contributed by atoms with E-state index >= 15 is 0 Å². The average Bonchev–Trinajstić information content (AvgIpc) is 3.15. The number of aliphatic hydroxyl groups excluding tert-OH is 15. The van der Waals surface area contributed by atoms with Crippen molar-refractivity contribution in [1.29, 1.82) is 0 Å². The van der Waals surface area contributed by atoms with E-state index in [2.05, 4.69) is 0 Å². The van der Waals surface area contributed by atoms with Gasteiger partial charge in [-0.1, -0.05) is 0 Å². The molecule has 0 amide bonds. The molecule has 0 aromatic rings. The SMILES string of the molecule is OC[C@H]1O[C@H](O)[C@H](O)[C@@H](O)[C@@H]1O[C@H]1O[C@H](CO)[C@@H](O[C@H]2O[C@H](CO)[C@@H](O[C@H]3O[C@H](CO)[C@@H](O[C@H]4OCC[C@H](O)[C@H]4O)[C@H](O)[C@H]3O)[C@H](O)[C@H]2O)[C@H](O)[C@H]1O. The van der Waals surface area contributed by atoms with Crippen molar-refractivity contribution in [3.05, 3.63) is 0 Å². The number of rotatable bonds is 12. The fourth-order valence-electron chi connectivity index (χ4n) is 6.73. The molecule has 0 aromatic carbocycles. The van der Waals surface area contributed by atoms with Crippen LogP contribution < -0.4 is 0 Å². The van der Waals surface area contributed by atoms with E-state index in [0.717, 1.165) is 0 Å². The van der Waals surface area contributed by atoms with Gasteiger partial charge in [0.1, 0.15) is 104 Å². The molecule has 24 heteroatoms. The molecule has 0 radical (unpaired) electrons. The van der Waals surface area contributed by atoms with Gasteiger partial charge in [0.05, 0.1) is 39.1 Å². The van der Waals surface area contributed by atoms with Crippen LogP contribution in [0.3, 0.4) is 0 Å². The van der Waals surface area contributed by atoms with Crippen LogP contribution in [0.15, 0.2) is 0 Å². The van der Waals surface area contributed by atoms with Crippen molar-refractivity contribution in [3.8, 4) is 0 Å². The molecule has 15 N–H and O–H groups in total. The second kappa shape index (κ2) is 18.5. The first-order valence-electron chi connectivity index (χ1n) is 16.9. The number of ether oxygens (including phenoxy) is 9. The van der Waals surface area contributed by atoms with Crippen LogP contribution >= 0.6 is 0 Å². The molecule has 5 aliphatic rings. The Morgan fingerprint density at radius 2 is 0.698 bits per heavy atom. The van der Waals surface area contributed by atoms with Crippen molar-refractivity contribution < 1.29 is 119 Å². The Kier molecular flexibility index (Phi) is 15.1. The van der Waals surface area contributed by atoms with Crippen LogP contribution in [0, 0.1) is 0 Å². The van der Waals surface area contributed by atoms with Gasteiger partial charge >= 0.3 is 0 Å². The molecule has 0 bridgehead atoms. The van der Waals surface area contributed by atoms with Crippen LogP contribution in [-0.2, 0) is 42.6 Å². The zero-order valence-electron chi connectivity index (χ0n) is 27.9. The van der Waals surface area contributed by atoms with Gasteiger partial charge in [0.25, 0.3) is 0 Å². The summed E-state index contributed by atoms with van der Waals surface area (Å²) in [6, 6.07) is 0. The molecule has 23 atom stereocenters. The maximum Gasteiger partial charge on any atom is 0.187 e. The van der Waals surface area contributed by atoms with Crippen molar-refractivity contribution in [2.24, 2.45) is 0 Å². The highest BCUT2D eigenvalue weighted by Gasteiger charge is 2.55. The first-order valence-corrected chi connectivity index (χ1v) is 16.9. The van der Waals surface area contributed by atoms with Crippen LogP contribution in [0.5, 0.6) is 0 Å². The lowest BCUT2D eigenvalue weighted by atomic mass is 9.95. The van der Waals surface area contributed by atoms with Gasteiger partial charge < -0.3 is 119 Å². The van der Waals surface area contributed by atoms with E-state index in [0.29, 0.717) is 0 Å². The van der Waals surface area contributed by atoms with Gasteiger partial charge in [-0.15, -0.1) is 0 Å². The molecule has 0 aliphatic carbocycles. The molecule has 5 saturated heterocycles. The Morgan fingerprint density at radius 3 is 1.06 bits per heavy atom. The highest BCUT2D eigenvalue weighted by Crippen LogP contribution is 2.35. The zero-order valence-corrected chi connectivity index (χ0v) is 27.9. The molecule has 310 valence electrons. The third kappa shape index (κ3) is 8.96. The van der Waals surface area contributed by atoms with Gasteiger partial charge in [0.15, 0.2) is 31.5 Å². The fraction of sp³-hybridized carbons (Fsp3) is 1.00. The molecule has 0 unspecified atom stereocenters. The van der Waals surface area contributed by atoms with Crippen LogP contribution in [0.25, 0.3) is 0 Å². The smallest absolute Gasteiger partial charge is 0.187 e. The van der Waals surface area contributed by atoms with E-state index in [1.807, 2.05) is 0 Å². The minimum Gasteiger partial charge on any atom is -0.394 e. The van der Waals surface area contributed by atoms with E-state index in [-0.39, 0.29) is 13.0 Å². The molecule has 0 aromatic heterocycles. The summed E-state index contributed by atoms with van der Waals surface area (Å²) in [6.45, 7) is -3.52. The Labute approximate surface area is 300 Å². The van der Waals surface area contributed by atoms with Gasteiger partial charge in [0.2, 0.25) is 0 Å². The lowest BCUT2D eigenvalue weighted by Crippen LogP contribution is -2.67. The summed E-state index contributed by atoms with van der Waals surface area (Å²) in [5.41, 5.74) is 0. The Balaban J connectivity index is 1.22. The van der Waals surface area contributed by atoms with Crippen molar-refractivity contribution in [1.82, 2.24) is 0 Å². The minimum absolute atomic E-state index is 0.00597. The normalized spacial score (nSPS) is 52.7. The van der Waals surface area contributed by atoms with E-state index in [1.54, 1.807) is 0 Å². The van der Waals surface area contributed by atoms with E-state index in [4.69, 9.17) is 42.6 Å². The summed E-state index contributed by atoms with van der Waals surface area (Å²) in [5.74, 6) is 0. The second-order valence-corrected chi connectivity index (χ2v) is 13.3. The first-order chi connectivity index (χ1) is 25.2. The third-order valence-corrected chi connectivity index (χ3v) is 9.84. The average molecular weight is 783 g/mol. The van der Waals surface area contributed by atoms with E-state index in [1.165, 1.54) is 0 Å². The quantitative estimate of drug-likeness (QED) is 0.0873. The summed E-state index contributed by atoms with van der Waals surface area (Å²) in [5, 5.41) is 155. The lowest BCUT2D eigenvalue weighted by Gasteiger charge is -2.49. The summed E-state index contributed by atoms with van der Waals surface area (Å²) >= 11 is 0. The Bertz CT molecular complexity index is 1120. The molecule has 5 aliphatic heterocycles. The largest absolute Gasteiger partial charge is 0.394 e. The summed E-state index contributed by atoms with van der Waals surface area (Å²) in [7, 11) is 0. The van der Waals surface area contributed by atoms with E-state index in [9.17, 15) is 76.6 Å². The summed E-state index contributed by atoms with van der Waals surface area (Å²) in [4.78, 5) is 0.